The Balaban J connectivity index is 1.60. The monoisotopic (exact) mass is 468 g/mol. The average molecular weight is 469 g/mol. The van der Waals surface area contributed by atoms with E-state index >= 15 is 0 Å². The number of fused-ring (bicyclic) bond motifs is 1. The third-order valence-corrected chi connectivity index (χ3v) is 8.81. The van der Waals surface area contributed by atoms with E-state index in [1.807, 2.05) is 31.2 Å². The van der Waals surface area contributed by atoms with E-state index in [4.69, 9.17) is 4.74 Å². The minimum atomic E-state index is -3.59. The Kier molecular flexibility index (Phi) is 7.52. The summed E-state index contributed by atoms with van der Waals surface area (Å²) < 4.78 is 33.7. The molecule has 0 aliphatic carbocycles. The molecule has 0 bridgehead atoms. The first-order chi connectivity index (χ1) is 16.0. The number of methoxy groups -OCH3 is 1. The highest BCUT2D eigenvalue weighted by Crippen LogP contribution is 2.42. The van der Waals surface area contributed by atoms with Crippen molar-refractivity contribution in [2.24, 2.45) is 0 Å². The molecule has 2 heterocycles. The van der Waals surface area contributed by atoms with Crippen molar-refractivity contribution in [3.05, 3.63) is 65.2 Å². The number of aliphatic hydroxyl groups excluding tert-OH is 1. The fourth-order valence-electron chi connectivity index (χ4n) is 5.11. The van der Waals surface area contributed by atoms with Crippen LogP contribution in [-0.2, 0) is 14.8 Å². The van der Waals surface area contributed by atoms with E-state index in [-0.39, 0.29) is 24.6 Å². The van der Waals surface area contributed by atoms with Gasteiger partial charge in [0.25, 0.3) is 0 Å². The van der Waals surface area contributed by atoms with Gasteiger partial charge in [0.05, 0.1) is 11.5 Å². The molecule has 2 fully saturated rings. The van der Waals surface area contributed by atoms with E-state index in [1.54, 1.807) is 23.5 Å². The smallest absolute Gasteiger partial charge is 0.243 e. The maximum absolute atomic E-state index is 13.5. The van der Waals surface area contributed by atoms with Crippen molar-refractivity contribution in [3.8, 4) is 11.8 Å². The zero-order valence-corrected chi connectivity index (χ0v) is 20.1. The highest BCUT2D eigenvalue weighted by Gasteiger charge is 2.50. The van der Waals surface area contributed by atoms with Gasteiger partial charge in [-0.1, -0.05) is 42.2 Å². The summed E-state index contributed by atoms with van der Waals surface area (Å²) in [5, 5.41) is 10.1. The van der Waals surface area contributed by atoms with Gasteiger partial charge in [-0.15, -0.1) is 0 Å². The lowest BCUT2D eigenvalue weighted by molar-refractivity contribution is -0.0553. The normalized spacial score (nSPS) is 24.0. The molecule has 2 aliphatic rings. The molecule has 0 saturated carbocycles. The third kappa shape index (κ3) is 4.86. The number of aliphatic hydroxyl groups is 1. The Bertz CT molecular complexity index is 1120. The van der Waals surface area contributed by atoms with Crippen molar-refractivity contribution < 1.29 is 18.3 Å². The number of sulfonamides is 1. The first-order valence-electron chi connectivity index (χ1n) is 11.5. The Morgan fingerprint density at radius 3 is 2.52 bits per heavy atom. The minimum Gasteiger partial charge on any atom is -0.395 e. The van der Waals surface area contributed by atoms with Crippen LogP contribution >= 0.6 is 0 Å². The quantitative estimate of drug-likeness (QED) is 0.683. The van der Waals surface area contributed by atoms with Crippen LogP contribution in [0.15, 0.2) is 53.4 Å². The summed E-state index contributed by atoms with van der Waals surface area (Å²) in [4.78, 5) is 2.67. The van der Waals surface area contributed by atoms with E-state index < -0.39 is 10.0 Å². The van der Waals surface area contributed by atoms with Crippen LogP contribution in [0, 0.1) is 18.8 Å². The molecule has 2 aliphatic heterocycles. The zero-order chi connectivity index (χ0) is 23.4. The molecule has 0 aromatic heterocycles. The summed E-state index contributed by atoms with van der Waals surface area (Å²) in [5.41, 5.74) is 2.79. The third-order valence-electron chi connectivity index (χ3n) is 6.79. The lowest BCUT2D eigenvalue weighted by atomic mass is 9.74. The van der Waals surface area contributed by atoms with Crippen LogP contribution in [-0.4, -0.2) is 74.8 Å². The number of benzene rings is 2. The molecule has 2 aromatic carbocycles. The fourth-order valence-corrected chi connectivity index (χ4v) is 6.83. The lowest BCUT2D eigenvalue weighted by Crippen LogP contribution is -2.67. The van der Waals surface area contributed by atoms with Crippen molar-refractivity contribution in [2.75, 3.05) is 40.0 Å². The Morgan fingerprint density at radius 2 is 1.82 bits per heavy atom. The van der Waals surface area contributed by atoms with Crippen LogP contribution in [0.2, 0.25) is 0 Å². The van der Waals surface area contributed by atoms with Crippen molar-refractivity contribution in [3.63, 3.8) is 0 Å². The van der Waals surface area contributed by atoms with E-state index in [2.05, 4.69) is 28.9 Å². The summed E-state index contributed by atoms with van der Waals surface area (Å²) in [6.45, 7) is 4.11. The van der Waals surface area contributed by atoms with Crippen LogP contribution < -0.4 is 0 Å². The molecule has 2 aromatic rings. The van der Waals surface area contributed by atoms with Gasteiger partial charge in [0.2, 0.25) is 10.0 Å². The molecule has 7 heteroatoms. The number of nitrogens with zero attached hydrogens (tertiary/aromatic N) is 2. The van der Waals surface area contributed by atoms with Gasteiger partial charge >= 0.3 is 0 Å². The lowest BCUT2D eigenvalue weighted by Gasteiger charge is -2.57. The second-order valence-corrected chi connectivity index (χ2v) is 10.7. The highest BCUT2D eigenvalue weighted by molar-refractivity contribution is 7.89. The maximum atomic E-state index is 13.5. The van der Waals surface area contributed by atoms with Gasteiger partial charge in [0.1, 0.15) is 6.61 Å². The molecule has 33 heavy (non-hydrogen) atoms. The number of ether oxygens (including phenoxy) is 1. The second kappa shape index (κ2) is 10.4. The van der Waals surface area contributed by atoms with Gasteiger partial charge in [-0.25, -0.2) is 8.42 Å². The molecule has 6 nitrogen and oxygen atoms in total. The zero-order valence-electron chi connectivity index (χ0n) is 19.3. The van der Waals surface area contributed by atoms with Crippen molar-refractivity contribution in [1.82, 2.24) is 9.21 Å². The van der Waals surface area contributed by atoms with E-state index in [1.165, 1.54) is 0 Å². The fraction of sp³-hybridized carbons (Fsp3) is 0.462. The minimum absolute atomic E-state index is 0.00143. The molecule has 4 rings (SSSR count). The SMILES string of the molecule is COCC#Cc1ccc([C@@H]2[C@H](CO)N3CCCCN(S(=O)(=O)c4ccccc4C)C[C@@H]23)cc1. The molecule has 0 unspecified atom stereocenters. The Labute approximate surface area is 197 Å². The topological polar surface area (TPSA) is 70.1 Å². The van der Waals surface area contributed by atoms with Crippen molar-refractivity contribution in [2.45, 2.75) is 42.7 Å². The number of rotatable bonds is 5. The van der Waals surface area contributed by atoms with Gasteiger partial charge in [-0.05, 0) is 55.6 Å². The van der Waals surface area contributed by atoms with Gasteiger partial charge in [-0.3, -0.25) is 4.90 Å². The first-order valence-corrected chi connectivity index (χ1v) is 12.9. The van der Waals surface area contributed by atoms with Crippen molar-refractivity contribution in [1.29, 1.82) is 0 Å². The van der Waals surface area contributed by atoms with Gasteiger partial charge in [0, 0.05) is 43.8 Å². The second-order valence-electron chi connectivity index (χ2n) is 8.77. The summed E-state index contributed by atoms with van der Waals surface area (Å²) in [6.07, 6.45) is 1.72. The number of hydrogen-bond acceptors (Lipinski definition) is 5. The van der Waals surface area contributed by atoms with Crippen LogP contribution in [0.1, 0.15) is 35.4 Å². The summed E-state index contributed by atoms with van der Waals surface area (Å²) in [5.74, 6) is 6.11. The van der Waals surface area contributed by atoms with Crippen LogP contribution in [0.3, 0.4) is 0 Å². The van der Waals surface area contributed by atoms with E-state index in [0.717, 1.165) is 36.1 Å². The predicted octanol–water partition coefficient (Wildman–Crippen LogP) is 2.61. The van der Waals surface area contributed by atoms with Gasteiger partial charge in [0.15, 0.2) is 0 Å². The van der Waals surface area contributed by atoms with Crippen LogP contribution in [0.5, 0.6) is 0 Å². The Hall–Kier alpha value is -2.21. The van der Waals surface area contributed by atoms with Crippen LogP contribution in [0.4, 0.5) is 0 Å². The first kappa shape index (κ1) is 23.9. The number of hydrogen-bond donors (Lipinski definition) is 1. The molecule has 1 N–H and O–H groups in total. The molecule has 0 amide bonds. The molecular weight excluding hydrogens is 436 g/mol. The van der Waals surface area contributed by atoms with Crippen LogP contribution in [0.25, 0.3) is 0 Å². The molecule has 176 valence electrons. The van der Waals surface area contributed by atoms with E-state index in [9.17, 15) is 13.5 Å². The van der Waals surface area contributed by atoms with Gasteiger partial charge < -0.3 is 9.84 Å². The standard InChI is InChI=1S/C26H32N2O4S/c1-20-8-3-4-10-25(20)33(30,31)27-15-5-6-16-28-23(18-27)26(24(28)19-29)22-13-11-21(12-14-22)9-7-17-32-2/h3-4,8,10-14,23-24,26,29H,5-6,15-19H2,1-2H3/t23-,24-,26-/m0/s1. The average Bonchev–Trinajstić information content (AvgIpc) is 2.79. The summed E-state index contributed by atoms with van der Waals surface area (Å²) >= 11 is 0. The maximum Gasteiger partial charge on any atom is 0.243 e. The molecule has 0 radical (unpaired) electrons. The molecule has 0 spiro atoms. The molecule has 3 atom stereocenters. The highest BCUT2D eigenvalue weighted by atomic mass is 32.2. The van der Waals surface area contributed by atoms with E-state index in [0.29, 0.717) is 24.6 Å². The summed E-state index contributed by atoms with van der Waals surface area (Å²) in [7, 11) is -1.97. The largest absolute Gasteiger partial charge is 0.395 e. The molecule has 2 saturated heterocycles. The van der Waals surface area contributed by atoms with Crippen molar-refractivity contribution >= 4 is 10.0 Å². The Morgan fingerprint density at radius 1 is 1.09 bits per heavy atom. The number of aryl methyl sites for hydroxylation is 1. The predicted molar refractivity (Wildman–Crippen MR) is 128 cm³/mol. The van der Waals surface area contributed by atoms with Gasteiger partial charge in [-0.2, -0.15) is 4.31 Å². The molecular formula is C26H32N2O4S. The summed E-state index contributed by atoms with van der Waals surface area (Å²) in [6, 6.07) is 15.3.